The Bertz CT molecular complexity index is 578. The Morgan fingerprint density at radius 1 is 1.38 bits per heavy atom. The molecule has 0 aliphatic heterocycles. The fourth-order valence-corrected chi connectivity index (χ4v) is 2.73. The fraction of sp³-hybridized carbons (Fsp3) is 0.375. The Hall–Kier alpha value is -2.30. The molecule has 2 aliphatic carbocycles. The SMILES string of the molecule is COc1ccc(NCC(=O)N/N=C2\CC3CC=CC23)cc1. The number of benzene rings is 1. The first-order valence-corrected chi connectivity index (χ1v) is 7.16. The number of anilines is 1. The van der Waals surface area contributed by atoms with Crippen molar-refractivity contribution >= 4 is 17.3 Å². The van der Waals surface area contributed by atoms with E-state index in [1.54, 1.807) is 7.11 Å². The van der Waals surface area contributed by atoms with Gasteiger partial charge in [-0.1, -0.05) is 12.2 Å². The van der Waals surface area contributed by atoms with E-state index in [0.29, 0.717) is 5.92 Å². The lowest BCUT2D eigenvalue weighted by Crippen LogP contribution is -2.36. The summed E-state index contributed by atoms with van der Waals surface area (Å²) in [6, 6.07) is 7.44. The van der Waals surface area contributed by atoms with Gasteiger partial charge in [0, 0.05) is 17.3 Å². The maximum Gasteiger partial charge on any atom is 0.259 e. The van der Waals surface area contributed by atoms with Gasteiger partial charge in [0.1, 0.15) is 5.75 Å². The van der Waals surface area contributed by atoms with Gasteiger partial charge in [-0.15, -0.1) is 0 Å². The summed E-state index contributed by atoms with van der Waals surface area (Å²) in [5, 5.41) is 7.27. The minimum atomic E-state index is -0.135. The van der Waals surface area contributed by atoms with Gasteiger partial charge in [-0.3, -0.25) is 4.79 Å². The van der Waals surface area contributed by atoms with Gasteiger partial charge >= 0.3 is 0 Å². The molecule has 1 fully saturated rings. The van der Waals surface area contributed by atoms with Gasteiger partial charge in [0.15, 0.2) is 0 Å². The third kappa shape index (κ3) is 3.07. The average molecular weight is 285 g/mol. The van der Waals surface area contributed by atoms with Crippen LogP contribution in [-0.4, -0.2) is 25.3 Å². The Kier molecular flexibility index (Phi) is 3.90. The molecule has 2 N–H and O–H groups in total. The molecule has 1 amide bonds. The summed E-state index contributed by atoms with van der Waals surface area (Å²) in [6.45, 7) is 0.201. The molecule has 3 rings (SSSR count). The van der Waals surface area contributed by atoms with Crippen molar-refractivity contribution in [2.75, 3.05) is 19.0 Å². The number of nitrogens with one attached hydrogen (secondary N) is 2. The van der Waals surface area contributed by atoms with E-state index in [0.717, 1.165) is 35.9 Å². The number of carbonyl (C=O) groups is 1. The van der Waals surface area contributed by atoms with E-state index in [2.05, 4.69) is 28.0 Å². The van der Waals surface area contributed by atoms with Crippen LogP contribution in [0.1, 0.15) is 12.8 Å². The Labute approximate surface area is 124 Å². The van der Waals surface area contributed by atoms with Gasteiger partial charge in [0.2, 0.25) is 0 Å². The molecule has 0 bridgehead atoms. The maximum absolute atomic E-state index is 11.8. The Morgan fingerprint density at radius 2 is 2.19 bits per heavy atom. The molecule has 5 heteroatoms. The van der Waals surface area contributed by atoms with E-state index >= 15 is 0 Å². The normalized spacial score (nSPS) is 24.3. The van der Waals surface area contributed by atoms with Crippen LogP contribution in [0.2, 0.25) is 0 Å². The molecule has 110 valence electrons. The molecular weight excluding hydrogens is 266 g/mol. The van der Waals surface area contributed by atoms with Crippen LogP contribution in [0.4, 0.5) is 5.69 Å². The van der Waals surface area contributed by atoms with E-state index in [9.17, 15) is 4.79 Å². The molecule has 1 saturated carbocycles. The number of carbonyl (C=O) groups excluding carboxylic acids is 1. The molecule has 2 unspecified atom stereocenters. The summed E-state index contributed by atoms with van der Waals surface area (Å²) in [5.74, 6) is 1.84. The zero-order valence-electron chi connectivity index (χ0n) is 12.0. The summed E-state index contributed by atoms with van der Waals surface area (Å²) < 4.78 is 5.08. The number of fused-ring (bicyclic) bond motifs is 1. The summed E-state index contributed by atoms with van der Waals surface area (Å²) in [6.07, 6.45) is 6.54. The van der Waals surface area contributed by atoms with Gasteiger partial charge in [-0.2, -0.15) is 5.10 Å². The quantitative estimate of drug-likeness (QED) is 0.644. The maximum atomic E-state index is 11.8. The van der Waals surface area contributed by atoms with Gasteiger partial charge in [-0.05, 0) is 43.0 Å². The van der Waals surface area contributed by atoms with Crippen LogP contribution >= 0.6 is 0 Å². The van der Waals surface area contributed by atoms with Gasteiger partial charge in [-0.25, -0.2) is 5.43 Å². The number of ether oxygens (including phenoxy) is 1. The van der Waals surface area contributed by atoms with Gasteiger partial charge < -0.3 is 10.1 Å². The first-order valence-electron chi connectivity index (χ1n) is 7.16. The number of hydrazone groups is 1. The first-order chi connectivity index (χ1) is 10.3. The van der Waals surface area contributed by atoms with Crippen molar-refractivity contribution in [1.29, 1.82) is 0 Å². The Balaban J connectivity index is 1.44. The lowest BCUT2D eigenvalue weighted by Gasteiger charge is -2.31. The summed E-state index contributed by atoms with van der Waals surface area (Å²) in [4.78, 5) is 11.8. The summed E-state index contributed by atoms with van der Waals surface area (Å²) in [5.41, 5.74) is 4.58. The minimum absolute atomic E-state index is 0.135. The second-order valence-electron chi connectivity index (χ2n) is 5.37. The van der Waals surface area contributed by atoms with Crippen molar-refractivity contribution in [2.24, 2.45) is 16.9 Å². The highest BCUT2D eigenvalue weighted by Crippen LogP contribution is 2.40. The molecule has 0 heterocycles. The van der Waals surface area contributed by atoms with Crippen molar-refractivity contribution in [3.05, 3.63) is 36.4 Å². The second-order valence-corrected chi connectivity index (χ2v) is 5.37. The van der Waals surface area contributed by atoms with E-state index < -0.39 is 0 Å². The van der Waals surface area contributed by atoms with E-state index in [-0.39, 0.29) is 12.5 Å². The Morgan fingerprint density at radius 3 is 2.90 bits per heavy atom. The average Bonchev–Trinajstić information content (AvgIpc) is 2.87. The molecule has 5 nitrogen and oxygen atoms in total. The van der Waals surface area contributed by atoms with Crippen molar-refractivity contribution in [1.82, 2.24) is 5.43 Å². The van der Waals surface area contributed by atoms with E-state index in [4.69, 9.17) is 4.74 Å². The number of amides is 1. The predicted molar refractivity (Wildman–Crippen MR) is 82.4 cm³/mol. The molecule has 0 spiro atoms. The number of nitrogens with zero attached hydrogens (tertiary/aromatic N) is 1. The third-order valence-electron chi connectivity index (χ3n) is 4.01. The van der Waals surface area contributed by atoms with Crippen molar-refractivity contribution in [3.8, 4) is 5.75 Å². The number of rotatable bonds is 5. The molecule has 21 heavy (non-hydrogen) atoms. The minimum Gasteiger partial charge on any atom is -0.497 e. The first kappa shape index (κ1) is 13.7. The van der Waals surface area contributed by atoms with Crippen LogP contribution in [0.3, 0.4) is 0 Å². The third-order valence-corrected chi connectivity index (χ3v) is 4.01. The zero-order chi connectivity index (χ0) is 14.7. The highest BCUT2D eigenvalue weighted by molar-refractivity contribution is 5.95. The standard InChI is InChI=1S/C16H19N3O2/c1-21-13-7-5-12(6-8-13)17-10-16(20)19-18-15-9-11-3-2-4-14(11)15/h2,4-8,11,14,17H,3,9-10H2,1H3,(H,19,20)/b18-15+. The molecule has 1 aromatic carbocycles. The van der Waals surface area contributed by atoms with Crippen LogP contribution in [0.15, 0.2) is 41.5 Å². The van der Waals surface area contributed by atoms with Crippen LogP contribution in [0.25, 0.3) is 0 Å². The topological polar surface area (TPSA) is 62.7 Å². The number of allylic oxidation sites excluding steroid dienone is 2. The van der Waals surface area contributed by atoms with Gasteiger partial charge in [0.05, 0.1) is 13.7 Å². The van der Waals surface area contributed by atoms with E-state index in [1.165, 1.54) is 0 Å². The molecule has 2 aliphatic rings. The molecule has 2 atom stereocenters. The van der Waals surface area contributed by atoms with Crippen molar-refractivity contribution < 1.29 is 9.53 Å². The van der Waals surface area contributed by atoms with Crippen LogP contribution in [0, 0.1) is 11.8 Å². The number of hydrogen-bond acceptors (Lipinski definition) is 4. The fourth-order valence-electron chi connectivity index (χ4n) is 2.73. The highest BCUT2D eigenvalue weighted by Gasteiger charge is 2.37. The second kappa shape index (κ2) is 5.99. The predicted octanol–water partition coefficient (Wildman–Crippen LogP) is 2.18. The zero-order valence-corrected chi connectivity index (χ0v) is 12.0. The summed E-state index contributed by atoms with van der Waals surface area (Å²) >= 11 is 0. The van der Waals surface area contributed by atoms with Gasteiger partial charge in [0.25, 0.3) is 5.91 Å². The van der Waals surface area contributed by atoms with Crippen LogP contribution in [-0.2, 0) is 4.79 Å². The van der Waals surface area contributed by atoms with Crippen molar-refractivity contribution in [2.45, 2.75) is 12.8 Å². The number of methoxy groups -OCH3 is 1. The monoisotopic (exact) mass is 285 g/mol. The lowest BCUT2D eigenvalue weighted by molar-refractivity contribution is -0.119. The summed E-state index contributed by atoms with van der Waals surface area (Å²) in [7, 11) is 1.62. The molecule has 0 radical (unpaired) electrons. The molecular formula is C16H19N3O2. The highest BCUT2D eigenvalue weighted by atomic mass is 16.5. The molecule has 1 aromatic rings. The molecule has 0 aromatic heterocycles. The van der Waals surface area contributed by atoms with Crippen LogP contribution < -0.4 is 15.5 Å². The lowest BCUT2D eigenvalue weighted by atomic mass is 9.74. The molecule has 0 saturated heterocycles. The number of hydrogen-bond donors (Lipinski definition) is 2. The largest absolute Gasteiger partial charge is 0.497 e. The van der Waals surface area contributed by atoms with Crippen LogP contribution in [0.5, 0.6) is 5.75 Å². The van der Waals surface area contributed by atoms with E-state index in [1.807, 2.05) is 24.3 Å². The smallest absolute Gasteiger partial charge is 0.259 e. The van der Waals surface area contributed by atoms with Crippen molar-refractivity contribution in [3.63, 3.8) is 0 Å².